The lowest BCUT2D eigenvalue weighted by Crippen LogP contribution is -2.35. The van der Waals surface area contributed by atoms with Gasteiger partial charge in [-0.1, -0.05) is 0 Å². The van der Waals surface area contributed by atoms with Crippen molar-refractivity contribution in [2.24, 2.45) is 5.92 Å². The minimum Gasteiger partial charge on any atom is -0.493 e. The van der Waals surface area contributed by atoms with Gasteiger partial charge in [-0.3, -0.25) is 4.57 Å². The fourth-order valence-electron chi connectivity index (χ4n) is 4.59. The highest BCUT2D eigenvalue weighted by Crippen LogP contribution is 2.29. The van der Waals surface area contributed by atoms with Crippen molar-refractivity contribution in [3.05, 3.63) is 64.8 Å². The Hall–Kier alpha value is -4.16. The molecule has 1 unspecified atom stereocenters. The van der Waals surface area contributed by atoms with Crippen LogP contribution in [0.1, 0.15) is 19.3 Å². The van der Waals surface area contributed by atoms with Gasteiger partial charge in [0.2, 0.25) is 0 Å². The lowest BCUT2D eigenvalue weighted by atomic mass is 9.97. The van der Waals surface area contributed by atoms with E-state index in [0.29, 0.717) is 43.6 Å². The molecule has 13 heteroatoms. The smallest absolute Gasteiger partial charge is 0.493 e. The second-order valence-electron chi connectivity index (χ2n) is 9.43. The zero-order valence-corrected chi connectivity index (χ0v) is 20.9. The third kappa shape index (κ3) is 7.03. The molecule has 0 saturated carbocycles. The Morgan fingerprint density at radius 2 is 1.54 bits per heavy atom. The van der Waals surface area contributed by atoms with E-state index in [1.807, 2.05) is 24.3 Å². The zero-order chi connectivity index (χ0) is 27.4. The number of nitro groups is 1. The number of aromatic nitrogens is 2. The maximum absolute atomic E-state index is 12.3. The van der Waals surface area contributed by atoms with Gasteiger partial charge in [0.15, 0.2) is 0 Å². The van der Waals surface area contributed by atoms with E-state index in [2.05, 4.69) is 14.6 Å². The molecule has 0 aliphatic carbocycles. The molecule has 2 aromatic carbocycles. The number of nitrogens with zero attached hydrogens (tertiary/aromatic N) is 4. The number of piperidine rings is 1. The topological polar surface area (TPSA) is 101 Å². The van der Waals surface area contributed by atoms with Gasteiger partial charge in [-0.15, -0.1) is 13.2 Å². The van der Waals surface area contributed by atoms with Gasteiger partial charge < -0.3 is 34.0 Å². The molecule has 10 nitrogen and oxygen atoms in total. The largest absolute Gasteiger partial charge is 0.573 e. The van der Waals surface area contributed by atoms with E-state index in [1.165, 1.54) is 30.5 Å². The first-order valence-corrected chi connectivity index (χ1v) is 12.6. The SMILES string of the molecule is O=[N+]([O-])c1cn2c(n1)OC(COc1ccc(N3CCC(COc4ccc(OC(F)(F)F)cc4)CC3)cc1)CC2. The van der Waals surface area contributed by atoms with Crippen LogP contribution in [0.3, 0.4) is 0 Å². The fourth-order valence-corrected chi connectivity index (χ4v) is 4.59. The van der Waals surface area contributed by atoms with Crippen molar-refractivity contribution >= 4 is 11.5 Å². The Bertz CT molecular complexity index is 1260. The van der Waals surface area contributed by atoms with Gasteiger partial charge in [0.1, 0.15) is 36.2 Å². The van der Waals surface area contributed by atoms with E-state index in [-0.39, 0.29) is 23.7 Å². The molecule has 3 aromatic rings. The fraction of sp³-hybridized carbons (Fsp3) is 0.423. The van der Waals surface area contributed by atoms with Crippen LogP contribution in [-0.4, -0.2) is 53.2 Å². The summed E-state index contributed by atoms with van der Waals surface area (Å²) in [5, 5.41) is 10.9. The number of hydrogen-bond acceptors (Lipinski definition) is 8. The predicted octanol–water partition coefficient (Wildman–Crippen LogP) is 5.22. The Balaban J connectivity index is 1.03. The summed E-state index contributed by atoms with van der Waals surface area (Å²) in [4.78, 5) is 16.6. The van der Waals surface area contributed by atoms with Crippen molar-refractivity contribution in [3.8, 4) is 23.3 Å². The Morgan fingerprint density at radius 1 is 0.923 bits per heavy atom. The molecule has 1 atom stereocenters. The first-order valence-electron chi connectivity index (χ1n) is 12.6. The van der Waals surface area contributed by atoms with E-state index >= 15 is 0 Å². The molecule has 3 heterocycles. The van der Waals surface area contributed by atoms with Crippen LogP contribution >= 0.6 is 0 Å². The maximum atomic E-state index is 12.3. The average molecular weight is 549 g/mol. The second-order valence-corrected chi connectivity index (χ2v) is 9.43. The Morgan fingerprint density at radius 3 is 2.18 bits per heavy atom. The van der Waals surface area contributed by atoms with Crippen LogP contribution in [0.4, 0.5) is 24.7 Å². The molecule has 1 fully saturated rings. The van der Waals surface area contributed by atoms with Gasteiger partial charge in [-0.25, -0.2) is 0 Å². The number of aryl methyl sites for hydroxylation is 1. The normalized spacial score (nSPS) is 17.7. The summed E-state index contributed by atoms with van der Waals surface area (Å²) in [5.41, 5.74) is 1.09. The highest BCUT2D eigenvalue weighted by Gasteiger charge is 2.31. The monoisotopic (exact) mass is 548 g/mol. The highest BCUT2D eigenvalue weighted by atomic mass is 19.4. The molecular formula is C26H27F3N4O6. The lowest BCUT2D eigenvalue weighted by molar-refractivity contribution is -0.389. The molecule has 1 aromatic heterocycles. The number of hydrogen-bond donors (Lipinski definition) is 0. The van der Waals surface area contributed by atoms with E-state index < -0.39 is 11.3 Å². The number of ether oxygens (including phenoxy) is 4. The van der Waals surface area contributed by atoms with Crippen molar-refractivity contribution < 1.29 is 37.0 Å². The molecule has 0 spiro atoms. The predicted molar refractivity (Wildman–Crippen MR) is 133 cm³/mol. The summed E-state index contributed by atoms with van der Waals surface area (Å²) >= 11 is 0. The molecule has 0 radical (unpaired) electrons. The van der Waals surface area contributed by atoms with Gasteiger partial charge >= 0.3 is 18.2 Å². The van der Waals surface area contributed by atoms with Gasteiger partial charge in [0.25, 0.3) is 0 Å². The number of fused-ring (bicyclic) bond motifs is 1. The van der Waals surface area contributed by atoms with E-state index in [0.717, 1.165) is 31.6 Å². The summed E-state index contributed by atoms with van der Waals surface area (Å²) in [7, 11) is 0. The van der Waals surface area contributed by atoms with Crippen LogP contribution in [0.5, 0.6) is 23.3 Å². The van der Waals surface area contributed by atoms with E-state index in [9.17, 15) is 23.3 Å². The first-order chi connectivity index (χ1) is 18.7. The molecule has 5 rings (SSSR count). The standard InChI is InChI=1S/C26H27F3N4O6/c27-26(28,29)39-22-7-5-21(6-8-22)36-16-18-9-12-31(13-10-18)19-1-3-20(4-2-19)37-17-23-11-14-32-15-24(33(34)35)30-25(32)38-23/h1-8,15,18,23H,9-14,16-17H2. The number of alkyl halides is 3. The van der Waals surface area contributed by atoms with Crippen LogP contribution in [0, 0.1) is 16.0 Å². The maximum Gasteiger partial charge on any atom is 0.573 e. The van der Waals surface area contributed by atoms with E-state index in [4.69, 9.17) is 14.2 Å². The van der Waals surface area contributed by atoms with Crippen molar-refractivity contribution in [1.82, 2.24) is 9.55 Å². The summed E-state index contributed by atoms with van der Waals surface area (Å²) in [6.07, 6.45) is -1.06. The molecule has 2 aliphatic rings. The lowest BCUT2D eigenvalue weighted by Gasteiger charge is -2.33. The molecule has 0 N–H and O–H groups in total. The summed E-state index contributed by atoms with van der Waals surface area (Å²) in [5.74, 6) is 1.06. The van der Waals surface area contributed by atoms with Crippen molar-refractivity contribution in [1.29, 1.82) is 0 Å². The van der Waals surface area contributed by atoms with Crippen molar-refractivity contribution in [2.75, 3.05) is 31.2 Å². The van der Waals surface area contributed by atoms with Gasteiger partial charge in [0, 0.05) is 36.7 Å². The van der Waals surface area contributed by atoms with Crippen LogP contribution in [0.25, 0.3) is 0 Å². The first kappa shape index (κ1) is 26.4. The summed E-state index contributed by atoms with van der Waals surface area (Å²) in [6, 6.07) is 13.5. The third-order valence-electron chi connectivity index (χ3n) is 6.67. The van der Waals surface area contributed by atoms with Crippen molar-refractivity contribution in [3.63, 3.8) is 0 Å². The minimum absolute atomic E-state index is 0.230. The number of rotatable bonds is 9. The second kappa shape index (κ2) is 11.3. The Labute approximate surface area is 222 Å². The van der Waals surface area contributed by atoms with Crippen LogP contribution < -0.4 is 23.8 Å². The molecular weight excluding hydrogens is 521 g/mol. The van der Waals surface area contributed by atoms with Gasteiger partial charge in [-0.2, -0.15) is 0 Å². The molecule has 0 amide bonds. The third-order valence-corrected chi connectivity index (χ3v) is 6.67. The van der Waals surface area contributed by atoms with E-state index in [1.54, 1.807) is 4.57 Å². The number of halogens is 3. The Kier molecular flexibility index (Phi) is 7.66. The quantitative estimate of drug-likeness (QED) is 0.265. The molecule has 0 bridgehead atoms. The minimum atomic E-state index is -4.71. The number of imidazole rings is 1. The molecule has 2 aliphatic heterocycles. The zero-order valence-electron chi connectivity index (χ0n) is 20.9. The summed E-state index contributed by atoms with van der Waals surface area (Å²) < 4.78 is 59.8. The van der Waals surface area contributed by atoms with Gasteiger partial charge in [-0.05, 0) is 72.2 Å². The van der Waals surface area contributed by atoms with Crippen molar-refractivity contribution in [2.45, 2.75) is 38.3 Å². The van der Waals surface area contributed by atoms with Crippen LogP contribution in [-0.2, 0) is 6.54 Å². The molecule has 1 saturated heterocycles. The number of anilines is 1. The molecule has 39 heavy (non-hydrogen) atoms. The number of benzene rings is 2. The average Bonchev–Trinajstić information content (AvgIpc) is 3.35. The summed E-state index contributed by atoms with van der Waals surface area (Å²) in [6.45, 7) is 3.11. The highest BCUT2D eigenvalue weighted by molar-refractivity contribution is 5.49. The van der Waals surface area contributed by atoms with Crippen LogP contribution in [0.2, 0.25) is 0 Å². The van der Waals surface area contributed by atoms with Gasteiger partial charge in [0.05, 0.1) is 6.61 Å². The van der Waals surface area contributed by atoms with Crippen LogP contribution in [0.15, 0.2) is 54.7 Å². The molecule has 208 valence electrons.